The van der Waals surface area contributed by atoms with Gasteiger partial charge in [-0.2, -0.15) is 0 Å². The van der Waals surface area contributed by atoms with Crippen molar-refractivity contribution in [1.82, 2.24) is 0 Å². The van der Waals surface area contributed by atoms with E-state index in [1.807, 2.05) is 0 Å². The van der Waals surface area contributed by atoms with Crippen LogP contribution in [0.15, 0.2) is 34.8 Å². The van der Waals surface area contributed by atoms with Crippen molar-refractivity contribution in [2.24, 2.45) is 0 Å². The van der Waals surface area contributed by atoms with E-state index < -0.39 is 10.9 Å². The van der Waals surface area contributed by atoms with Gasteiger partial charge in [-0.15, -0.1) is 0 Å². The van der Waals surface area contributed by atoms with E-state index >= 15 is 0 Å². The summed E-state index contributed by atoms with van der Waals surface area (Å²) in [6, 6.07) is 4.17. The highest BCUT2D eigenvalue weighted by atomic mass is 79.9. The molecular formula is C10H8BrNO5. The molecule has 0 saturated heterocycles. The first-order chi connectivity index (χ1) is 7.99. The molecule has 0 radical (unpaired) electrons. The summed E-state index contributed by atoms with van der Waals surface area (Å²) in [5.74, 6) is -0.782. The molecular weight excluding hydrogens is 294 g/mol. The van der Waals surface area contributed by atoms with Crippen LogP contribution in [-0.2, 0) is 4.79 Å². The number of benzene rings is 1. The second kappa shape index (κ2) is 6.00. The monoisotopic (exact) mass is 301 g/mol. The summed E-state index contributed by atoms with van der Waals surface area (Å²) in [6.45, 7) is 0.0277. The van der Waals surface area contributed by atoms with Crippen molar-refractivity contribution in [1.29, 1.82) is 0 Å². The zero-order valence-corrected chi connectivity index (χ0v) is 10.1. The molecule has 0 aliphatic carbocycles. The van der Waals surface area contributed by atoms with Crippen LogP contribution in [0.2, 0.25) is 0 Å². The van der Waals surface area contributed by atoms with Gasteiger partial charge in [0.15, 0.2) is 0 Å². The number of nitro benzene ring substituents is 1. The molecule has 0 amide bonds. The molecule has 0 bridgehead atoms. The van der Waals surface area contributed by atoms with Gasteiger partial charge in [-0.25, -0.2) is 4.79 Å². The molecule has 0 aliphatic heterocycles. The van der Waals surface area contributed by atoms with Crippen molar-refractivity contribution in [2.45, 2.75) is 0 Å². The minimum atomic E-state index is -1.08. The van der Waals surface area contributed by atoms with Crippen LogP contribution in [-0.4, -0.2) is 22.6 Å². The Bertz CT molecular complexity index is 472. The number of hydrogen-bond donors (Lipinski definition) is 1. The van der Waals surface area contributed by atoms with Gasteiger partial charge in [0.25, 0.3) is 5.69 Å². The molecule has 0 saturated carbocycles. The van der Waals surface area contributed by atoms with Gasteiger partial charge < -0.3 is 9.84 Å². The number of hydrogen-bond acceptors (Lipinski definition) is 4. The smallest absolute Gasteiger partial charge is 0.328 e. The lowest BCUT2D eigenvalue weighted by atomic mass is 10.3. The fourth-order valence-corrected chi connectivity index (χ4v) is 1.49. The van der Waals surface area contributed by atoms with Crippen LogP contribution in [0.1, 0.15) is 0 Å². The van der Waals surface area contributed by atoms with Gasteiger partial charge in [0.05, 0.1) is 11.0 Å². The largest absolute Gasteiger partial charge is 0.489 e. The number of nitro groups is 1. The second-order valence-corrected chi connectivity index (χ2v) is 3.87. The van der Waals surface area contributed by atoms with Crippen molar-refractivity contribution < 1.29 is 19.6 Å². The zero-order chi connectivity index (χ0) is 12.8. The summed E-state index contributed by atoms with van der Waals surface area (Å²) < 4.78 is 5.66. The molecule has 6 nitrogen and oxygen atoms in total. The second-order valence-electron chi connectivity index (χ2n) is 2.95. The molecule has 1 aromatic rings. The first kappa shape index (κ1) is 13.2. The molecule has 0 spiro atoms. The summed E-state index contributed by atoms with van der Waals surface area (Å²) >= 11 is 3.12. The van der Waals surface area contributed by atoms with Gasteiger partial charge >= 0.3 is 5.97 Å². The molecule has 0 unspecified atom stereocenters. The maximum absolute atomic E-state index is 10.6. The van der Waals surface area contributed by atoms with Crippen LogP contribution in [0.25, 0.3) is 0 Å². The van der Waals surface area contributed by atoms with Crippen LogP contribution in [0.3, 0.4) is 0 Å². The molecule has 0 heterocycles. The number of halogens is 1. The quantitative estimate of drug-likeness (QED) is 0.512. The highest BCUT2D eigenvalue weighted by molar-refractivity contribution is 9.10. The number of carboxylic acids is 1. The topological polar surface area (TPSA) is 89.7 Å². The summed E-state index contributed by atoms with van der Waals surface area (Å²) in [5.41, 5.74) is -0.100. The van der Waals surface area contributed by atoms with E-state index in [1.54, 1.807) is 6.07 Å². The Labute approximate surface area is 105 Å². The number of non-ortho nitro benzene ring substituents is 1. The lowest BCUT2D eigenvalue weighted by Crippen LogP contribution is -1.97. The van der Waals surface area contributed by atoms with Crippen molar-refractivity contribution in [3.63, 3.8) is 0 Å². The highest BCUT2D eigenvalue weighted by Gasteiger charge is 2.08. The van der Waals surface area contributed by atoms with Crippen LogP contribution in [0, 0.1) is 10.1 Å². The molecule has 7 heteroatoms. The molecule has 0 fully saturated rings. The minimum Gasteiger partial charge on any atom is -0.489 e. The van der Waals surface area contributed by atoms with Crippen molar-refractivity contribution in [3.8, 4) is 5.75 Å². The van der Waals surface area contributed by atoms with Gasteiger partial charge in [-0.05, 0) is 12.1 Å². The predicted octanol–water partition coefficient (Wildman–Crippen LogP) is 2.38. The maximum atomic E-state index is 10.6. The van der Waals surface area contributed by atoms with E-state index in [9.17, 15) is 14.9 Å². The lowest BCUT2D eigenvalue weighted by Gasteiger charge is -2.03. The Morgan fingerprint density at radius 3 is 2.82 bits per heavy atom. The Morgan fingerprint density at radius 2 is 2.24 bits per heavy atom. The first-order valence-corrected chi connectivity index (χ1v) is 5.25. The minimum absolute atomic E-state index is 0.0277. The van der Waals surface area contributed by atoms with Crippen molar-refractivity contribution >= 4 is 27.6 Å². The van der Waals surface area contributed by atoms with E-state index in [0.717, 1.165) is 6.08 Å². The van der Waals surface area contributed by atoms with Gasteiger partial charge in [0.1, 0.15) is 12.4 Å². The van der Waals surface area contributed by atoms with Crippen LogP contribution >= 0.6 is 15.9 Å². The standard InChI is InChI=1S/C10H8BrNO5/c11-7-4-8(12(15)16)6-9(5-7)17-3-1-2-10(13)14/h1-2,4-6H,3H2,(H,13,14)/b2-1+. The predicted molar refractivity (Wildman–Crippen MR) is 63.1 cm³/mol. The molecule has 1 aromatic carbocycles. The molecule has 17 heavy (non-hydrogen) atoms. The average molecular weight is 302 g/mol. The van der Waals surface area contributed by atoms with Gasteiger partial charge in [-0.1, -0.05) is 15.9 Å². The highest BCUT2D eigenvalue weighted by Crippen LogP contribution is 2.26. The number of ether oxygens (including phenoxy) is 1. The van der Waals surface area contributed by atoms with Crippen LogP contribution < -0.4 is 4.74 Å². The average Bonchev–Trinajstić information content (AvgIpc) is 2.23. The van der Waals surface area contributed by atoms with Crippen LogP contribution in [0.4, 0.5) is 5.69 Å². The Balaban J connectivity index is 2.71. The Hall–Kier alpha value is -1.89. The van der Waals surface area contributed by atoms with Crippen LogP contribution in [0.5, 0.6) is 5.75 Å². The van der Waals surface area contributed by atoms with Gasteiger partial charge in [0.2, 0.25) is 0 Å². The fraction of sp³-hybridized carbons (Fsp3) is 0.100. The third-order valence-corrected chi connectivity index (χ3v) is 2.13. The molecule has 90 valence electrons. The third kappa shape index (κ3) is 4.64. The first-order valence-electron chi connectivity index (χ1n) is 4.46. The number of rotatable bonds is 5. The number of nitrogens with zero attached hydrogens (tertiary/aromatic N) is 1. The lowest BCUT2D eigenvalue weighted by molar-refractivity contribution is -0.385. The number of carboxylic acid groups (broad SMARTS) is 1. The fourth-order valence-electron chi connectivity index (χ4n) is 1.03. The van der Waals surface area contributed by atoms with E-state index in [2.05, 4.69) is 15.9 Å². The SMILES string of the molecule is O=C(O)/C=C/COc1cc(Br)cc([N+](=O)[O-])c1. The van der Waals surface area contributed by atoms with E-state index in [4.69, 9.17) is 9.84 Å². The van der Waals surface area contributed by atoms with Gasteiger partial charge in [0, 0.05) is 16.6 Å². The summed E-state index contributed by atoms with van der Waals surface area (Å²) in [4.78, 5) is 20.2. The molecule has 0 aromatic heterocycles. The maximum Gasteiger partial charge on any atom is 0.328 e. The molecule has 0 atom stereocenters. The van der Waals surface area contributed by atoms with Gasteiger partial charge in [-0.3, -0.25) is 10.1 Å². The number of carbonyl (C=O) groups is 1. The zero-order valence-electron chi connectivity index (χ0n) is 8.50. The van der Waals surface area contributed by atoms with E-state index in [1.165, 1.54) is 18.2 Å². The normalized spacial score (nSPS) is 10.4. The van der Waals surface area contributed by atoms with Crippen molar-refractivity contribution in [3.05, 3.63) is 44.9 Å². The molecule has 1 N–H and O–H groups in total. The summed E-state index contributed by atoms with van der Waals surface area (Å²) in [6.07, 6.45) is 2.24. The molecule has 0 aliphatic rings. The third-order valence-electron chi connectivity index (χ3n) is 1.67. The van der Waals surface area contributed by atoms with E-state index in [0.29, 0.717) is 10.2 Å². The summed E-state index contributed by atoms with van der Waals surface area (Å²) in [7, 11) is 0. The molecule has 1 rings (SSSR count). The number of aliphatic carboxylic acids is 1. The van der Waals surface area contributed by atoms with E-state index in [-0.39, 0.29) is 12.3 Å². The van der Waals surface area contributed by atoms with Crippen molar-refractivity contribution in [2.75, 3.05) is 6.61 Å². The Kier molecular flexibility index (Phi) is 4.65. The Morgan fingerprint density at radius 1 is 1.53 bits per heavy atom. The summed E-state index contributed by atoms with van der Waals surface area (Å²) in [5, 5.41) is 18.9.